The van der Waals surface area contributed by atoms with Crippen LogP contribution in [0.25, 0.3) is 10.9 Å². The lowest BCUT2D eigenvalue weighted by Gasteiger charge is -2.25. The molecule has 0 bridgehead atoms. The van der Waals surface area contributed by atoms with Gasteiger partial charge in [0.05, 0.1) is 0 Å². The van der Waals surface area contributed by atoms with Crippen LogP contribution in [0.1, 0.15) is 49.7 Å². The van der Waals surface area contributed by atoms with Gasteiger partial charge in [0.1, 0.15) is 12.1 Å². The number of para-hydroxylation sites is 1. The number of aromatic nitrogens is 1. The normalized spacial score (nSPS) is 16.3. The van der Waals surface area contributed by atoms with Crippen LogP contribution in [0.2, 0.25) is 0 Å². The number of carboxylic acids is 1. The predicted octanol–water partition coefficient (Wildman–Crippen LogP) is 4.07. The van der Waals surface area contributed by atoms with Crippen LogP contribution in [0.5, 0.6) is 0 Å². The van der Waals surface area contributed by atoms with E-state index in [-0.39, 0.29) is 18.2 Å². The van der Waals surface area contributed by atoms with Gasteiger partial charge in [-0.3, -0.25) is 9.59 Å². The summed E-state index contributed by atoms with van der Waals surface area (Å²) in [6, 6.07) is 16.3. The van der Waals surface area contributed by atoms with Crippen molar-refractivity contribution in [3.63, 3.8) is 0 Å². The Balaban J connectivity index is 1.28. The van der Waals surface area contributed by atoms with Crippen LogP contribution >= 0.6 is 0 Å². The van der Waals surface area contributed by atoms with Gasteiger partial charge in [-0.2, -0.15) is 0 Å². The molecule has 0 saturated carbocycles. The number of H-pyrrole nitrogens is 1. The molecule has 2 atom stereocenters. The van der Waals surface area contributed by atoms with Crippen molar-refractivity contribution in [3.8, 4) is 0 Å². The Morgan fingerprint density at radius 2 is 1.80 bits per heavy atom. The zero-order valence-corrected chi connectivity index (χ0v) is 19.9. The number of aryl methyl sites for hydroxylation is 1. The molecule has 2 unspecified atom stereocenters. The Morgan fingerprint density at radius 3 is 2.60 bits per heavy atom. The molecule has 1 aliphatic rings. The third-order valence-electron chi connectivity index (χ3n) is 6.79. The van der Waals surface area contributed by atoms with Crippen molar-refractivity contribution in [1.29, 1.82) is 0 Å². The average Bonchev–Trinajstić information content (AvgIpc) is 3.52. The average molecular weight is 476 g/mol. The van der Waals surface area contributed by atoms with E-state index < -0.39 is 18.1 Å². The van der Waals surface area contributed by atoms with Crippen molar-refractivity contribution in [3.05, 3.63) is 71.9 Å². The standard InChI is InChI=1S/C28H33N3O4/c32-26(16-6-2-5-12-20-10-3-1-4-11-20)31-17-9-15-25(31)27(33)30-24(28(34)35)18-21-19-29-23-14-8-7-13-22(21)23/h1,3-4,7-8,10-11,13-14,19,24-25,29H,2,5-6,9,12,15-18H2,(H,30,33)(H,34,35). The lowest BCUT2D eigenvalue weighted by Crippen LogP contribution is -2.51. The van der Waals surface area contributed by atoms with Gasteiger partial charge in [-0.15, -0.1) is 0 Å². The number of benzene rings is 2. The van der Waals surface area contributed by atoms with Gasteiger partial charge in [0, 0.05) is 36.5 Å². The first-order valence-electron chi connectivity index (χ1n) is 12.4. The van der Waals surface area contributed by atoms with Crippen molar-refractivity contribution in [2.24, 2.45) is 0 Å². The number of nitrogens with one attached hydrogen (secondary N) is 2. The van der Waals surface area contributed by atoms with Crippen molar-refractivity contribution in [2.75, 3.05) is 6.54 Å². The molecule has 184 valence electrons. The minimum atomic E-state index is -1.09. The van der Waals surface area contributed by atoms with E-state index >= 15 is 0 Å². The Kier molecular flexibility index (Phi) is 8.19. The SMILES string of the molecule is O=C(O)C(Cc1c[nH]c2ccccc12)NC(=O)C1CCCN1C(=O)CCCCCc1ccccc1. The molecule has 0 aliphatic carbocycles. The predicted molar refractivity (Wildman–Crippen MR) is 135 cm³/mol. The minimum Gasteiger partial charge on any atom is -0.480 e. The van der Waals surface area contributed by atoms with Crippen LogP contribution in [0.15, 0.2) is 60.8 Å². The number of nitrogens with zero attached hydrogens (tertiary/aromatic N) is 1. The Hall–Kier alpha value is -3.61. The number of hydrogen-bond acceptors (Lipinski definition) is 3. The monoisotopic (exact) mass is 475 g/mol. The third-order valence-corrected chi connectivity index (χ3v) is 6.79. The molecule has 0 spiro atoms. The number of likely N-dealkylation sites (tertiary alicyclic amines) is 1. The van der Waals surface area contributed by atoms with Gasteiger partial charge in [-0.25, -0.2) is 4.79 Å². The summed E-state index contributed by atoms with van der Waals surface area (Å²) in [7, 11) is 0. The van der Waals surface area contributed by atoms with E-state index in [9.17, 15) is 19.5 Å². The quantitative estimate of drug-likeness (QED) is 0.364. The molecule has 7 nitrogen and oxygen atoms in total. The fraction of sp³-hybridized carbons (Fsp3) is 0.393. The molecular weight excluding hydrogens is 442 g/mol. The van der Waals surface area contributed by atoms with Crippen LogP contribution < -0.4 is 5.32 Å². The fourth-order valence-corrected chi connectivity index (χ4v) is 4.90. The number of hydrogen-bond donors (Lipinski definition) is 3. The second kappa shape index (κ2) is 11.7. The lowest BCUT2D eigenvalue weighted by molar-refractivity contribution is -0.143. The van der Waals surface area contributed by atoms with Gasteiger partial charge < -0.3 is 20.3 Å². The van der Waals surface area contributed by atoms with Gasteiger partial charge in [0.15, 0.2) is 0 Å². The fourth-order valence-electron chi connectivity index (χ4n) is 4.90. The van der Waals surface area contributed by atoms with E-state index in [4.69, 9.17) is 0 Å². The van der Waals surface area contributed by atoms with E-state index in [2.05, 4.69) is 22.4 Å². The van der Waals surface area contributed by atoms with Crippen LogP contribution in [0.3, 0.4) is 0 Å². The topological polar surface area (TPSA) is 102 Å². The van der Waals surface area contributed by atoms with Crippen LogP contribution in [-0.2, 0) is 27.2 Å². The maximum Gasteiger partial charge on any atom is 0.326 e. The molecular formula is C28H33N3O4. The summed E-state index contributed by atoms with van der Waals surface area (Å²) in [5.41, 5.74) is 3.06. The molecule has 3 aromatic rings. The second-order valence-corrected chi connectivity index (χ2v) is 9.25. The highest BCUT2D eigenvalue weighted by Gasteiger charge is 2.35. The molecule has 2 amide bonds. The number of carbonyl (C=O) groups is 3. The molecule has 35 heavy (non-hydrogen) atoms. The van der Waals surface area contributed by atoms with Gasteiger partial charge >= 0.3 is 5.97 Å². The van der Waals surface area contributed by atoms with Crippen molar-refractivity contribution in [1.82, 2.24) is 15.2 Å². The summed E-state index contributed by atoms with van der Waals surface area (Å²) in [4.78, 5) is 42.6. The number of unbranched alkanes of at least 4 members (excludes halogenated alkanes) is 2. The van der Waals surface area contributed by atoms with Crippen molar-refractivity contribution < 1.29 is 19.5 Å². The largest absolute Gasteiger partial charge is 0.480 e. The minimum absolute atomic E-state index is 0.0223. The van der Waals surface area contributed by atoms with E-state index in [1.165, 1.54) is 5.56 Å². The first kappa shape index (κ1) is 24.5. The zero-order valence-electron chi connectivity index (χ0n) is 19.9. The summed E-state index contributed by atoms with van der Waals surface area (Å²) in [5.74, 6) is -1.49. The zero-order chi connectivity index (χ0) is 24.6. The molecule has 1 aliphatic heterocycles. The molecule has 1 aromatic heterocycles. The van der Waals surface area contributed by atoms with Gasteiger partial charge in [-0.05, 0) is 49.3 Å². The Labute approximate surface area is 205 Å². The van der Waals surface area contributed by atoms with Gasteiger partial charge in [0.2, 0.25) is 11.8 Å². The van der Waals surface area contributed by atoms with E-state index in [1.807, 2.05) is 42.5 Å². The molecule has 3 N–H and O–H groups in total. The van der Waals surface area contributed by atoms with Crippen LogP contribution in [0.4, 0.5) is 0 Å². The maximum atomic E-state index is 13.0. The summed E-state index contributed by atoms with van der Waals surface area (Å²) in [6.45, 7) is 0.543. The number of carboxylic acid groups (broad SMARTS) is 1. The summed E-state index contributed by atoms with van der Waals surface area (Å²) in [6.07, 6.45) is 7.44. The summed E-state index contributed by atoms with van der Waals surface area (Å²) < 4.78 is 0. The highest BCUT2D eigenvalue weighted by molar-refractivity contribution is 5.91. The first-order chi connectivity index (χ1) is 17.0. The lowest BCUT2D eigenvalue weighted by atomic mass is 10.0. The number of fused-ring (bicyclic) bond motifs is 1. The molecule has 2 heterocycles. The van der Waals surface area contributed by atoms with E-state index in [0.717, 1.165) is 48.6 Å². The third kappa shape index (κ3) is 6.29. The number of rotatable bonds is 11. The second-order valence-electron chi connectivity index (χ2n) is 9.25. The number of aliphatic carboxylic acids is 1. The Morgan fingerprint density at radius 1 is 1.03 bits per heavy atom. The molecule has 4 rings (SSSR count). The van der Waals surface area contributed by atoms with Crippen molar-refractivity contribution >= 4 is 28.7 Å². The van der Waals surface area contributed by atoms with Crippen LogP contribution in [0, 0.1) is 0 Å². The molecule has 0 radical (unpaired) electrons. The summed E-state index contributed by atoms with van der Waals surface area (Å²) >= 11 is 0. The highest BCUT2D eigenvalue weighted by Crippen LogP contribution is 2.22. The summed E-state index contributed by atoms with van der Waals surface area (Å²) in [5, 5.41) is 13.4. The van der Waals surface area contributed by atoms with Gasteiger partial charge in [-0.1, -0.05) is 55.0 Å². The number of aromatic amines is 1. The maximum absolute atomic E-state index is 13.0. The Bertz CT molecular complexity index is 1160. The van der Waals surface area contributed by atoms with Crippen LogP contribution in [-0.4, -0.2) is 51.4 Å². The van der Waals surface area contributed by atoms with E-state index in [1.54, 1.807) is 11.1 Å². The molecule has 2 aromatic carbocycles. The number of carbonyl (C=O) groups excluding carboxylic acids is 2. The number of amides is 2. The molecule has 7 heteroatoms. The smallest absolute Gasteiger partial charge is 0.326 e. The molecule has 1 fully saturated rings. The van der Waals surface area contributed by atoms with Crippen molar-refractivity contribution in [2.45, 2.75) is 63.5 Å². The van der Waals surface area contributed by atoms with E-state index in [0.29, 0.717) is 19.4 Å². The molecule has 1 saturated heterocycles. The highest BCUT2D eigenvalue weighted by atomic mass is 16.4. The first-order valence-corrected chi connectivity index (χ1v) is 12.4. The van der Waals surface area contributed by atoms with Gasteiger partial charge in [0.25, 0.3) is 0 Å².